The van der Waals surface area contributed by atoms with Crippen LogP contribution in [0.4, 0.5) is 0 Å². The molecule has 22 heavy (non-hydrogen) atoms. The van der Waals surface area contributed by atoms with Gasteiger partial charge in [0.25, 0.3) is 0 Å². The molecule has 5 nitrogen and oxygen atoms in total. The van der Waals surface area contributed by atoms with Crippen LogP contribution in [0.2, 0.25) is 0 Å². The Morgan fingerprint density at radius 3 is 1.86 bits per heavy atom. The highest BCUT2D eigenvalue weighted by Crippen LogP contribution is 2.44. The van der Waals surface area contributed by atoms with Gasteiger partial charge in [0.05, 0.1) is 5.54 Å². The van der Waals surface area contributed by atoms with E-state index in [0.29, 0.717) is 0 Å². The van der Waals surface area contributed by atoms with Crippen molar-refractivity contribution in [1.29, 1.82) is 0 Å². The first-order chi connectivity index (χ1) is 9.72. The highest BCUT2D eigenvalue weighted by Gasteiger charge is 2.56. The fraction of sp³-hybridized carbons (Fsp3) is 0.941. The van der Waals surface area contributed by atoms with Crippen molar-refractivity contribution >= 4 is 5.78 Å². The zero-order valence-electron chi connectivity index (χ0n) is 15.4. The normalized spacial score (nSPS) is 34.0. The second kappa shape index (κ2) is 5.00. The summed E-state index contributed by atoms with van der Waals surface area (Å²) in [6, 6.07) is 0. The zero-order chi connectivity index (χ0) is 17.1. The molecule has 2 saturated heterocycles. The van der Waals surface area contributed by atoms with E-state index < -0.39 is 17.2 Å². The van der Waals surface area contributed by atoms with Crippen molar-refractivity contribution < 1.29 is 14.8 Å². The number of hydrogen-bond acceptors (Lipinski definition) is 5. The second-order valence-electron chi connectivity index (χ2n) is 9.33. The Balaban J connectivity index is 2.30. The van der Waals surface area contributed by atoms with Crippen LogP contribution in [0.1, 0.15) is 74.7 Å². The minimum atomic E-state index is -0.770. The zero-order valence-corrected chi connectivity index (χ0v) is 15.4. The van der Waals surface area contributed by atoms with Gasteiger partial charge in [0.15, 0.2) is 11.9 Å². The number of carbonyl (C=O) groups excluding carboxylic acids is 1. The van der Waals surface area contributed by atoms with Crippen LogP contribution < -0.4 is 0 Å². The maximum Gasteiger partial charge on any atom is 0.167 e. The highest BCUT2D eigenvalue weighted by molar-refractivity contribution is 5.86. The predicted molar refractivity (Wildman–Crippen MR) is 85.5 cm³/mol. The Kier molecular flexibility index (Phi) is 4.06. The fourth-order valence-electron chi connectivity index (χ4n) is 4.09. The van der Waals surface area contributed by atoms with Gasteiger partial charge in [-0.05, 0) is 68.2 Å². The largest absolute Gasteiger partial charge is 0.313 e. The maximum atomic E-state index is 12.7. The van der Waals surface area contributed by atoms with E-state index in [2.05, 4.69) is 27.7 Å². The molecule has 2 aliphatic rings. The number of rotatable bonds is 2. The lowest BCUT2D eigenvalue weighted by atomic mass is 9.79. The molecule has 2 fully saturated rings. The lowest BCUT2D eigenvalue weighted by molar-refractivity contribution is -0.326. The molecule has 1 atom stereocenters. The van der Waals surface area contributed by atoms with Gasteiger partial charge in [-0.3, -0.25) is 9.63 Å². The molecule has 0 saturated carbocycles. The van der Waals surface area contributed by atoms with E-state index in [0.717, 1.165) is 12.8 Å². The maximum absolute atomic E-state index is 12.7. The van der Waals surface area contributed by atoms with Crippen LogP contribution in [0.5, 0.6) is 0 Å². The molecule has 0 aliphatic carbocycles. The Hall–Kier alpha value is -0.490. The average molecular weight is 312 g/mol. The van der Waals surface area contributed by atoms with Crippen LogP contribution in [0.3, 0.4) is 0 Å². The number of hydrogen-bond donors (Lipinski definition) is 1. The van der Waals surface area contributed by atoms with Crippen LogP contribution >= 0.6 is 0 Å². The predicted octanol–water partition coefficient (Wildman–Crippen LogP) is 3.16. The molecular weight excluding hydrogens is 280 g/mol. The third-order valence-corrected chi connectivity index (χ3v) is 5.32. The van der Waals surface area contributed by atoms with Crippen molar-refractivity contribution in [3.63, 3.8) is 0 Å². The molecule has 0 bridgehead atoms. The summed E-state index contributed by atoms with van der Waals surface area (Å²) in [5.74, 6) is 0.0544. The van der Waals surface area contributed by atoms with Crippen molar-refractivity contribution in [2.75, 3.05) is 0 Å². The number of piperidine rings is 1. The lowest BCUT2D eigenvalue weighted by Gasteiger charge is -2.53. The molecule has 2 rings (SSSR count). The monoisotopic (exact) mass is 312 g/mol. The number of nitrogens with zero attached hydrogens (tertiary/aromatic N) is 2. The fourth-order valence-corrected chi connectivity index (χ4v) is 4.09. The Morgan fingerprint density at radius 1 is 0.955 bits per heavy atom. The van der Waals surface area contributed by atoms with Crippen molar-refractivity contribution in [2.24, 2.45) is 0 Å². The van der Waals surface area contributed by atoms with Gasteiger partial charge in [-0.1, -0.05) is 0 Å². The lowest BCUT2D eigenvalue weighted by Crippen LogP contribution is -2.69. The molecule has 0 aromatic rings. The first-order valence-electron chi connectivity index (χ1n) is 8.21. The summed E-state index contributed by atoms with van der Waals surface area (Å²) < 4.78 is 0. The summed E-state index contributed by atoms with van der Waals surface area (Å²) in [6.07, 6.45) is 1.67. The minimum absolute atomic E-state index is 0.0544. The molecule has 0 spiro atoms. The molecular formula is C17H32N2O3. The molecule has 0 aromatic heterocycles. The van der Waals surface area contributed by atoms with Gasteiger partial charge in [0.2, 0.25) is 0 Å². The van der Waals surface area contributed by atoms with Gasteiger partial charge in [0, 0.05) is 23.0 Å². The molecule has 1 N–H and O–H groups in total. The van der Waals surface area contributed by atoms with E-state index in [9.17, 15) is 10.0 Å². The Morgan fingerprint density at radius 2 is 1.41 bits per heavy atom. The molecule has 0 aromatic carbocycles. The first kappa shape index (κ1) is 17.9. The summed E-state index contributed by atoms with van der Waals surface area (Å²) in [5.41, 5.74) is -1.58. The van der Waals surface area contributed by atoms with Crippen molar-refractivity contribution in [2.45, 2.75) is 103 Å². The van der Waals surface area contributed by atoms with Crippen molar-refractivity contribution in [1.82, 2.24) is 10.1 Å². The standard InChI is InChI=1S/C17H32N2O3/c1-14(2)9-10-15(3,4)19(14)22-13-12(20)11-16(5,6)18(21)17(13,7)8/h13,21H,9-11H2,1-8H3. The molecule has 0 radical (unpaired) electrons. The van der Waals surface area contributed by atoms with Crippen LogP contribution in [0.15, 0.2) is 0 Å². The molecule has 0 amide bonds. The van der Waals surface area contributed by atoms with Gasteiger partial charge in [-0.25, -0.2) is 0 Å². The number of ketones is 1. The van der Waals surface area contributed by atoms with E-state index in [4.69, 9.17) is 4.84 Å². The summed E-state index contributed by atoms with van der Waals surface area (Å²) in [5, 5.41) is 13.8. The number of Topliss-reactive ketones (excluding diaryl/α,β-unsaturated/α-hetero) is 1. The quantitative estimate of drug-likeness (QED) is 0.849. The Bertz CT molecular complexity index is 453. The highest BCUT2D eigenvalue weighted by atomic mass is 16.7. The molecule has 2 aliphatic heterocycles. The average Bonchev–Trinajstić information content (AvgIpc) is 2.53. The van der Waals surface area contributed by atoms with Crippen molar-refractivity contribution in [3.05, 3.63) is 0 Å². The van der Waals surface area contributed by atoms with Gasteiger partial charge in [-0.2, -0.15) is 10.1 Å². The molecule has 128 valence electrons. The van der Waals surface area contributed by atoms with Crippen LogP contribution in [0, 0.1) is 0 Å². The molecule has 1 unspecified atom stereocenters. The van der Waals surface area contributed by atoms with Gasteiger partial charge < -0.3 is 5.21 Å². The van der Waals surface area contributed by atoms with Gasteiger partial charge in [0.1, 0.15) is 0 Å². The van der Waals surface area contributed by atoms with Crippen LogP contribution in [-0.4, -0.2) is 49.4 Å². The summed E-state index contributed by atoms with van der Waals surface area (Å²) in [7, 11) is 0. The van der Waals surface area contributed by atoms with E-state index in [1.807, 2.05) is 32.8 Å². The van der Waals surface area contributed by atoms with E-state index >= 15 is 0 Å². The smallest absolute Gasteiger partial charge is 0.167 e. The van der Waals surface area contributed by atoms with Gasteiger partial charge >= 0.3 is 0 Å². The SMILES string of the molecule is CC1(C)CCC(C)(C)N1OC1C(=O)CC(C)(C)N(O)C1(C)C. The summed E-state index contributed by atoms with van der Waals surface area (Å²) in [4.78, 5) is 18.9. The third kappa shape index (κ3) is 2.73. The topological polar surface area (TPSA) is 53.0 Å². The first-order valence-corrected chi connectivity index (χ1v) is 8.21. The number of hydroxylamine groups is 4. The summed E-state index contributed by atoms with van der Waals surface area (Å²) >= 11 is 0. The molecule has 2 heterocycles. The van der Waals surface area contributed by atoms with E-state index in [-0.39, 0.29) is 23.3 Å². The van der Waals surface area contributed by atoms with Crippen LogP contribution in [-0.2, 0) is 9.63 Å². The van der Waals surface area contributed by atoms with Crippen LogP contribution in [0.25, 0.3) is 0 Å². The number of carbonyl (C=O) groups is 1. The Labute approximate surface area is 134 Å². The van der Waals surface area contributed by atoms with E-state index in [1.165, 1.54) is 5.06 Å². The summed E-state index contributed by atoms with van der Waals surface area (Å²) in [6.45, 7) is 16.1. The van der Waals surface area contributed by atoms with E-state index in [1.54, 1.807) is 0 Å². The second-order valence-corrected chi connectivity index (χ2v) is 9.33. The third-order valence-electron chi connectivity index (χ3n) is 5.32. The van der Waals surface area contributed by atoms with Crippen molar-refractivity contribution in [3.8, 4) is 0 Å². The minimum Gasteiger partial charge on any atom is -0.313 e. The molecule has 5 heteroatoms. The van der Waals surface area contributed by atoms with Gasteiger partial charge in [-0.15, -0.1) is 0 Å².